The van der Waals surface area contributed by atoms with Gasteiger partial charge in [0.05, 0.1) is 27.8 Å². The quantitative estimate of drug-likeness (QED) is 0.654. The van der Waals surface area contributed by atoms with Gasteiger partial charge in [0, 0.05) is 6.04 Å². The van der Waals surface area contributed by atoms with Gasteiger partial charge >= 0.3 is 12.0 Å². The molecule has 0 saturated heterocycles. The summed E-state index contributed by atoms with van der Waals surface area (Å²) in [6, 6.07) is 2.78. The predicted molar refractivity (Wildman–Crippen MR) is 90.5 cm³/mol. The number of benzene rings is 1. The van der Waals surface area contributed by atoms with Crippen molar-refractivity contribution < 1.29 is 33.3 Å². The third-order valence-electron chi connectivity index (χ3n) is 3.60. The molecule has 1 aromatic carbocycles. The number of carbonyl (C=O) groups is 3. The lowest BCUT2D eigenvalue weighted by Gasteiger charge is -2.14. The fraction of sp³-hybridized carbons (Fsp3) is 0.471. The van der Waals surface area contributed by atoms with Crippen LogP contribution in [-0.4, -0.2) is 51.9 Å². The molecule has 0 spiro atoms. The molecule has 0 aliphatic heterocycles. The van der Waals surface area contributed by atoms with Crippen molar-refractivity contribution in [2.24, 2.45) is 0 Å². The Morgan fingerprint density at radius 2 is 1.65 bits per heavy atom. The van der Waals surface area contributed by atoms with Crippen LogP contribution in [0, 0.1) is 0 Å². The normalized spacial score (nSPS) is 12.7. The van der Waals surface area contributed by atoms with Crippen molar-refractivity contribution in [3.8, 4) is 17.2 Å². The fourth-order valence-corrected chi connectivity index (χ4v) is 2.21. The van der Waals surface area contributed by atoms with Crippen molar-refractivity contribution in [2.75, 3.05) is 27.9 Å². The van der Waals surface area contributed by atoms with E-state index in [1.54, 1.807) is 12.1 Å². The molecule has 0 atom stereocenters. The first-order valence-corrected chi connectivity index (χ1v) is 8.01. The maximum absolute atomic E-state index is 11.9. The maximum Gasteiger partial charge on any atom is 0.321 e. The molecule has 2 N–H and O–H groups in total. The second-order valence-corrected chi connectivity index (χ2v) is 5.67. The smallest absolute Gasteiger partial charge is 0.321 e. The van der Waals surface area contributed by atoms with Crippen LogP contribution in [0.4, 0.5) is 4.79 Å². The lowest BCUT2D eigenvalue weighted by Crippen LogP contribution is -2.42. The fourth-order valence-electron chi connectivity index (χ4n) is 2.21. The molecule has 1 aliphatic carbocycles. The highest BCUT2D eigenvalue weighted by molar-refractivity contribution is 5.95. The highest BCUT2D eigenvalue weighted by atomic mass is 16.5. The third kappa shape index (κ3) is 5.54. The van der Waals surface area contributed by atoms with Crippen LogP contribution in [0.25, 0.3) is 0 Å². The number of ether oxygens (including phenoxy) is 4. The third-order valence-corrected chi connectivity index (χ3v) is 3.60. The highest BCUT2D eigenvalue weighted by Crippen LogP contribution is 2.38. The van der Waals surface area contributed by atoms with Crippen LogP contribution in [0.3, 0.4) is 0 Å². The van der Waals surface area contributed by atoms with E-state index in [0.29, 0.717) is 22.8 Å². The molecule has 1 aliphatic rings. The van der Waals surface area contributed by atoms with Gasteiger partial charge in [-0.3, -0.25) is 14.9 Å². The van der Waals surface area contributed by atoms with Crippen LogP contribution in [-0.2, 0) is 20.7 Å². The van der Waals surface area contributed by atoms with Crippen LogP contribution in [0.5, 0.6) is 17.2 Å². The summed E-state index contributed by atoms with van der Waals surface area (Å²) in [6.45, 7) is -0.540. The molecule has 0 radical (unpaired) electrons. The second-order valence-electron chi connectivity index (χ2n) is 5.67. The molecule has 2 rings (SSSR count). The lowest BCUT2D eigenvalue weighted by atomic mass is 10.1. The molecule has 1 saturated carbocycles. The van der Waals surface area contributed by atoms with E-state index in [1.807, 2.05) is 0 Å². The van der Waals surface area contributed by atoms with Gasteiger partial charge in [-0.2, -0.15) is 0 Å². The Labute approximate surface area is 150 Å². The van der Waals surface area contributed by atoms with Crippen LogP contribution in [0.1, 0.15) is 18.4 Å². The summed E-state index contributed by atoms with van der Waals surface area (Å²) in [5.41, 5.74) is 0.566. The molecular formula is C17H22N2O7. The van der Waals surface area contributed by atoms with E-state index in [2.05, 4.69) is 10.6 Å². The van der Waals surface area contributed by atoms with E-state index in [-0.39, 0.29) is 12.5 Å². The van der Waals surface area contributed by atoms with Gasteiger partial charge < -0.3 is 24.3 Å². The maximum atomic E-state index is 11.9. The minimum atomic E-state index is -0.693. The minimum absolute atomic E-state index is 0.0989. The largest absolute Gasteiger partial charge is 0.493 e. The minimum Gasteiger partial charge on any atom is -0.493 e. The number of amides is 3. The van der Waals surface area contributed by atoms with Gasteiger partial charge in [-0.15, -0.1) is 0 Å². The van der Waals surface area contributed by atoms with Crippen molar-refractivity contribution in [2.45, 2.75) is 25.3 Å². The number of hydrogen-bond acceptors (Lipinski definition) is 7. The van der Waals surface area contributed by atoms with Crippen LogP contribution in [0.2, 0.25) is 0 Å². The number of carbonyl (C=O) groups excluding carboxylic acids is 3. The first-order chi connectivity index (χ1) is 12.5. The number of urea groups is 1. The zero-order valence-electron chi connectivity index (χ0n) is 14.9. The molecule has 26 heavy (non-hydrogen) atoms. The molecule has 0 heterocycles. The van der Waals surface area contributed by atoms with Crippen molar-refractivity contribution in [1.82, 2.24) is 10.6 Å². The molecule has 1 fully saturated rings. The lowest BCUT2D eigenvalue weighted by molar-refractivity contribution is -0.147. The van der Waals surface area contributed by atoms with Gasteiger partial charge in [0.1, 0.15) is 0 Å². The van der Waals surface area contributed by atoms with E-state index >= 15 is 0 Å². The highest BCUT2D eigenvalue weighted by Gasteiger charge is 2.24. The van der Waals surface area contributed by atoms with Crippen molar-refractivity contribution in [3.63, 3.8) is 0 Å². The zero-order valence-corrected chi connectivity index (χ0v) is 14.9. The van der Waals surface area contributed by atoms with Gasteiger partial charge in [-0.25, -0.2) is 4.79 Å². The summed E-state index contributed by atoms with van der Waals surface area (Å²) in [6.07, 6.45) is 1.72. The summed E-state index contributed by atoms with van der Waals surface area (Å²) < 4.78 is 20.5. The Hall–Kier alpha value is -2.97. The Kier molecular flexibility index (Phi) is 6.65. The van der Waals surface area contributed by atoms with Gasteiger partial charge in [-0.05, 0) is 30.5 Å². The Balaban J connectivity index is 1.86. The van der Waals surface area contributed by atoms with E-state index in [9.17, 15) is 14.4 Å². The standard InChI is InChI=1S/C17H22N2O7/c1-23-12-6-10(7-13(24-2)16(12)25-3)8-15(21)26-9-14(20)19-17(22)18-11-4-5-11/h6-7,11H,4-5,8-9H2,1-3H3,(H2,18,19,20,22). The van der Waals surface area contributed by atoms with E-state index in [4.69, 9.17) is 18.9 Å². The second kappa shape index (κ2) is 8.93. The SMILES string of the molecule is COc1cc(CC(=O)OCC(=O)NC(=O)NC2CC2)cc(OC)c1OC. The molecule has 142 valence electrons. The number of esters is 1. The Bertz CT molecular complexity index is 661. The van der Waals surface area contributed by atoms with E-state index in [0.717, 1.165) is 12.8 Å². The van der Waals surface area contributed by atoms with Crippen molar-refractivity contribution in [1.29, 1.82) is 0 Å². The Morgan fingerprint density at radius 3 is 2.15 bits per heavy atom. The topological polar surface area (TPSA) is 112 Å². The van der Waals surface area contributed by atoms with Crippen molar-refractivity contribution >= 4 is 17.9 Å². The van der Waals surface area contributed by atoms with Gasteiger partial charge in [0.15, 0.2) is 18.1 Å². The predicted octanol–water partition coefficient (Wildman–Crippen LogP) is 0.786. The average molecular weight is 366 g/mol. The van der Waals surface area contributed by atoms with Gasteiger partial charge in [-0.1, -0.05) is 0 Å². The summed E-state index contributed by atoms with van der Waals surface area (Å²) in [5.74, 6) is -0.0973. The molecule has 0 aromatic heterocycles. The van der Waals surface area contributed by atoms with Gasteiger partial charge in [0.25, 0.3) is 5.91 Å². The monoisotopic (exact) mass is 366 g/mol. The van der Waals surface area contributed by atoms with E-state index < -0.39 is 24.5 Å². The molecular weight excluding hydrogens is 344 g/mol. The van der Waals surface area contributed by atoms with Gasteiger partial charge in [0.2, 0.25) is 5.75 Å². The number of imide groups is 1. The molecule has 0 unspecified atom stereocenters. The zero-order chi connectivity index (χ0) is 19.1. The number of methoxy groups -OCH3 is 3. The van der Waals surface area contributed by atoms with Crippen LogP contribution in [0.15, 0.2) is 12.1 Å². The molecule has 3 amide bonds. The number of nitrogens with one attached hydrogen (secondary N) is 2. The molecule has 1 aromatic rings. The van der Waals surface area contributed by atoms with Crippen LogP contribution >= 0.6 is 0 Å². The molecule has 9 nitrogen and oxygen atoms in total. The first kappa shape index (κ1) is 19.4. The van der Waals surface area contributed by atoms with Crippen LogP contribution < -0.4 is 24.8 Å². The van der Waals surface area contributed by atoms with E-state index in [1.165, 1.54) is 21.3 Å². The van der Waals surface area contributed by atoms with Crippen molar-refractivity contribution in [3.05, 3.63) is 17.7 Å². The summed E-state index contributed by atoms with van der Waals surface area (Å²) in [5, 5.41) is 4.70. The Morgan fingerprint density at radius 1 is 1.04 bits per heavy atom. The average Bonchev–Trinajstić information content (AvgIpc) is 3.42. The summed E-state index contributed by atoms with van der Waals surface area (Å²) >= 11 is 0. The molecule has 9 heteroatoms. The molecule has 0 bridgehead atoms. The number of hydrogen-bond donors (Lipinski definition) is 2. The summed E-state index contributed by atoms with van der Waals surface area (Å²) in [4.78, 5) is 34.9. The number of rotatable bonds is 8. The first-order valence-electron chi connectivity index (χ1n) is 8.01. The summed E-state index contributed by atoms with van der Waals surface area (Å²) in [7, 11) is 4.42.